The molecule has 0 fully saturated rings. The maximum absolute atomic E-state index is 14.1. The number of rotatable bonds is 5. The van der Waals surface area contributed by atoms with Crippen molar-refractivity contribution >= 4 is 68.8 Å². The van der Waals surface area contributed by atoms with Crippen molar-refractivity contribution in [2.24, 2.45) is 0 Å². The molecule has 3 aromatic carbocycles. The average Bonchev–Trinajstić information content (AvgIpc) is 2.61. The third-order valence-corrected chi connectivity index (χ3v) is 7.64. The molecule has 1 atom stereocenters. The molecule has 0 saturated carbocycles. The number of aromatic hydroxyl groups is 1. The zero-order valence-corrected chi connectivity index (χ0v) is 19.0. The van der Waals surface area contributed by atoms with Gasteiger partial charge in [-0.1, -0.05) is 6.07 Å². The number of benzene rings is 3. The van der Waals surface area contributed by atoms with Crippen LogP contribution in [0.5, 0.6) is 11.5 Å². The first-order valence-electron chi connectivity index (χ1n) is 7.69. The van der Waals surface area contributed by atoms with Crippen LogP contribution in [0.2, 0.25) is 0 Å². The number of methoxy groups -OCH3 is 1. The van der Waals surface area contributed by atoms with E-state index in [1.807, 2.05) is 54.6 Å². The van der Waals surface area contributed by atoms with Crippen molar-refractivity contribution in [2.45, 2.75) is 0 Å². The van der Waals surface area contributed by atoms with Gasteiger partial charge in [0.05, 0.1) is 7.11 Å². The monoisotopic (exact) mass is 591 g/mol. The highest BCUT2D eigenvalue weighted by atomic mass is 127. The van der Waals surface area contributed by atoms with Crippen molar-refractivity contribution in [3.8, 4) is 11.5 Å². The first-order valence-corrected chi connectivity index (χ1v) is 11.6. The van der Waals surface area contributed by atoms with Gasteiger partial charge in [-0.3, -0.25) is 4.57 Å². The lowest BCUT2D eigenvalue weighted by Crippen LogP contribution is -2.22. The normalized spacial score (nSPS) is 13.0. The van der Waals surface area contributed by atoms with E-state index < -0.39 is 7.29 Å². The number of nitrogens with one attached hydrogen (secondary N) is 1. The van der Waals surface area contributed by atoms with E-state index in [2.05, 4.69) is 50.3 Å². The SMILES string of the molecule is COc1ccc(N[P@@](=O)(c2cccc(I)c2)c2cc(O)cc(I)c2)cc1. The number of phenols is 1. The molecule has 0 aromatic heterocycles. The second-order valence-electron chi connectivity index (χ2n) is 5.60. The van der Waals surface area contributed by atoms with E-state index in [4.69, 9.17) is 4.74 Å². The van der Waals surface area contributed by atoms with Crippen LogP contribution in [0, 0.1) is 7.14 Å². The third-order valence-electron chi connectivity index (χ3n) is 3.78. The number of halogens is 2. The van der Waals surface area contributed by atoms with E-state index in [-0.39, 0.29) is 5.75 Å². The summed E-state index contributed by atoms with van der Waals surface area (Å²) in [5.74, 6) is 0.820. The molecular formula is C19H16I2NO3P. The summed E-state index contributed by atoms with van der Waals surface area (Å²) in [6, 6.07) is 19.9. The van der Waals surface area contributed by atoms with Crippen molar-refractivity contribution in [3.05, 3.63) is 73.9 Å². The molecule has 0 aliphatic heterocycles. The lowest BCUT2D eigenvalue weighted by atomic mass is 10.3. The Kier molecular flexibility index (Phi) is 6.14. The first kappa shape index (κ1) is 19.5. The fourth-order valence-corrected chi connectivity index (χ4v) is 6.55. The summed E-state index contributed by atoms with van der Waals surface area (Å²) in [6.07, 6.45) is 0. The Morgan fingerprint density at radius 3 is 2.23 bits per heavy atom. The summed E-state index contributed by atoms with van der Waals surface area (Å²) in [6.45, 7) is 0. The molecule has 7 heteroatoms. The minimum absolute atomic E-state index is 0.0919. The molecule has 4 nitrogen and oxygen atoms in total. The quantitative estimate of drug-likeness (QED) is 0.326. The molecule has 0 aliphatic rings. The number of hydrogen-bond acceptors (Lipinski definition) is 3. The topological polar surface area (TPSA) is 58.6 Å². The highest BCUT2D eigenvalue weighted by molar-refractivity contribution is 14.1. The van der Waals surface area contributed by atoms with E-state index >= 15 is 0 Å². The van der Waals surface area contributed by atoms with Crippen LogP contribution in [0.3, 0.4) is 0 Å². The largest absolute Gasteiger partial charge is 0.508 e. The second-order valence-corrected chi connectivity index (χ2v) is 10.6. The molecule has 3 aromatic rings. The van der Waals surface area contributed by atoms with Crippen molar-refractivity contribution < 1.29 is 14.4 Å². The highest BCUT2D eigenvalue weighted by Gasteiger charge is 2.28. The summed E-state index contributed by atoms with van der Waals surface area (Å²) in [7, 11) is -1.61. The molecule has 3 rings (SSSR count). The van der Waals surface area contributed by atoms with Gasteiger partial charge in [-0.15, -0.1) is 0 Å². The van der Waals surface area contributed by atoms with Crippen molar-refractivity contribution in [3.63, 3.8) is 0 Å². The lowest BCUT2D eigenvalue weighted by molar-refractivity contribution is 0.415. The molecular weight excluding hydrogens is 575 g/mol. The van der Waals surface area contributed by atoms with E-state index in [9.17, 15) is 9.67 Å². The van der Waals surface area contributed by atoms with Crippen molar-refractivity contribution in [1.29, 1.82) is 0 Å². The Morgan fingerprint density at radius 2 is 1.62 bits per heavy atom. The number of ether oxygens (including phenoxy) is 1. The predicted octanol–water partition coefficient (Wildman–Crippen LogP) is 4.95. The Labute approximate surface area is 179 Å². The summed E-state index contributed by atoms with van der Waals surface area (Å²) >= 11 is 4.31. The van der Waals surface area contributed by atoms with Gasteiger partial charge in [-0.2, -0.15) is 0 Å². The van der Waals surface area contributed by atoms with Crippen molar-refractivity contribution in [1.82, 2.24) is 0 Å². The highest BCUT2D eigenvalue weighted by Crippen LogP contribution is 2.44. The molecule has 0 heterocycles. The summed E-state index contributed by atoms with van der Waals surface area (Å²) in [4.78, 5) is 0. The van der Waals surface area contributed by atoms with Gasteiger partial charge in [-0.05, 0) is 106 Å². The van der Waals surface area contributed by atoms with Gasteiger partial charge in [0.2, 0.25) is 7.29 Å². The van der Waals surface area contributed by atoms with E-state index in [0.717, 1.165) is 12.9 Å². The van der Waals surface area contributed by atoms with Crippen LogP contribution >= 0.6 is 52.5 Å². The van der Waals surface area contributed by atoms with Crippen LogP contribution in [0.15, 0.2) is 66.7 Å². The molecule has 2 N–H and O–H groups in total. The molecule has 26 heavy (non-hydrogen) atoms. The number of hydrogen-bond donors (Lipinski definition) is 2. The Bertz CT molecular complexity index is 957. The Balaban J connectivity index is 2.13. The molecule has 0 bridgehead atoms. The molecule has 0 radical (unpaired) electrons. The molecule has 0 saturated heterocycles. The van der Waals surface area contributed by atoms with Crippen LogP contribution in [-0.4, -0.2) is 12.2 Å². The average molecular weight is 591 g/mol. The van der Waals surface area contributed by atoms with Gasteiger partial charge in [0.1, 0.15) is 11.5 Å². The molecule has 0 unspecified atom stereocenters. The smallest absolute Gasteiger partial charge is 0.227 e. The summed E-state index contributed by atoms with van der Waals surface area (Å²) < 4.78 is 21.1. The van der Waals surface area contributed by atoms with Gasteiger partial charge in [0.25, 0.3) is 0 Å². The summed E-state index contributed by atoms with van der Waals surface area (Å²) in [5.41, 5.74) is 0.714. The van der Waals surface area contributed by atoms with E-state index in [1.165, 1.54) is 0 Å². The maximum Gasteiger partial charge on any atom is 0.227 e. The predicted molar refractivity (Wildman–Crippen MR) is 123 cm³/mol. The first-order chi connectivity index (χ1) is 12.4. The number of anilines is 1. The van der Waals surface area contributed by atoms with Gasteiger partial charge in [0.15, 0.2) is 0 Å². The minimum Gasteiger partial charge on any atom is -0.508 e. The Morgan fingerprint density at radius 1 is 0.923 bits per heavy atom. The zero-order chi connectivity index (χ0) is 18.7. The van der Waals surface area contributed by atoms with Gasteiger partial charge < -0.3 is 14.9 Å². The van der Waals surface area contributed by atoms with E-state index in [0.29, 0.717) is 16.3 Å². The fourth-order valence-electron chi connectivity index (χ4n) is 2.54. The molecule has 0 amide bonds. The molecule has 0 spiro atoms. The van der Waals surface area contributed by atoms with Gasteiger partial charge >= 0.3 is 0 Å². The standard InChI is InChI=1S/C19H16I2NO3P/c1-25-17-7-5-15(6-8-17)22-26(24,18-4-2-3-13(20)10-18)19-11-14(21)9-16(23)12-19/h2-12,23H,1H3,(H,22,24)/t26-/m1/s1. The molecule has 134 valence electrons. The van der Waals surface area contributed by atoms with Crippen LogP contribution in [0.4, 0.5) is 5.69 Å². The minimum atomic E-state index is -3.21. The maximum atomic E-state index is 14.1. The van der Waals surface area contributed by atoms with Crippen LogP contribution < -0.4 is 20.4 Å². The van der Waals surface area contributed by atoms with Crippen LogP contribution in [0.25, 0.3) is 0 Å². The number of phenolic OH excluding ortho intramolecular Hbond substituents is 1. The van der Waals surface area contributed by atoms with Crippen LogP contribution in [0.1, 0.15) is 0 Å². The Hall–Kier alpha value is -1.25. The third kappa shape index (κ3) is 4.35. The van der Waals surface area contributed by atoms with E-state index in [1.54, 1.807) is 19.2 Å². The van der Waals surface area contributed by atoms with Crippen LogP contribution in [-0.2, 0) is 4.57 Å². The van der Waals surface area contributed by atoms with Crippen molar-refractivity contribution in [2.75, 3.05) is 12.2 Å². The van der Waals surface area contributed by atoms with Gasteiger partial charge in [-0.25, -0.2) is 0 Å². The fraction of sp³-hybridized carbons (Fsp3) is 0.0526. The zero-order valence-electron chi connectivity index (χ0n) is 13.8. The lowest BCUT2D eigenvalue weighted by Gasteiger charge is -2.22. The van der Waals surface area contributed by atoms with Gasteiger partial charge in [0, 0.05) is 23.4 Å². The second kappa shape index (κ2) is 8.19. The summed E-state index contributed by atoms with van der Waals surface area (Å²) in [5, 5.41) is 14.5. The molecule has 0 aliphatic carbocycles.